The third-order valence-electron chi connectivity index (χ3n) is 2.56. The summed E-state index contributed by atoms with van der Waals surface area (Å²) in [7, 11) is 0. The van der Waals surface area contributed by atoms with Gasteiger partial charge in [0.1, 0.15) is 0 Å². The fraction of sp³-hybridized carbons (Fsp3) is 0.600. The van der Waals surface area contributed by atoms with Crippen molar-refractivity contribution < 1.29 is 17.9 Å². The number of alkyl halides is 4. The average Bonchev–Trinajstić information content (AvgIpc) is 2.43. The fourth-order valence-corrected chi connectivity index (χ4v) is 1.75. The summed E-state index contributed by atoms with van der Waals surface area (Å²) < 4.78 is 39.8. The predicted molar refractivity (Wildman–Crippen MR) is 76.9 cm³/mol. The van der Waals surface area contributed by atoms with Gasteiger partial charge in [-0.25, -0.2) is 0 Å². The summed E-state index contributed by atoms with van der Waals surface area (Å²) >= 11 is 5.38. The molecule has 0 aliphatic carbocycles. The molecule has 0 aliphatic heterocycles. The van der Waals surface area contributed by atoms with Crippen LogP contribution in [0.4, 0.5) is 13.2 Å². The van der Waals surface area contributed by atoms with Crippen molar-refractivity contribution in [3.63, 3.8) is 0 Å². The van der Waals surface area contributed by atoms with Crippen LogP contribution in [-0.2, 0) is 4.74 Å². The second-order valence-electron chi connectivity index (χ2n) is 4.27. The summed E-state index contributed by atoms with van der Waals surface area (Å²) in [5, 5.41) is 0. The van der Waals surface area contributed by atoms with Gasteiger partial charge in [0.2, 0.25) is 0 Å². The summed E-state index contributed by atoms with van der Waals surface area (Å²) in [4.78, 5) is 0. The van der Waals surface area contributed by atoms with Crippen molar-refractivity contribution in [1.29, 1.82) is 0 Å². The summed E-state index contributed by atoms with van der Waals surface area (Å²) in [5.74, 6) is 0.827. The van der Waals surface area contributed by atoms with E-state index in [1.807, 2.05) is 0 Å². The lowest BCUT2D eigenvalue weighted by Gasteiger charge is -2.17. The monoisotopic (exact) mass is 310 g/mol. The molecule has 0 bridgehead atoms. The minimum absolute atomic E-state index is 0.295. The van der Waals surface area contributed by atoms with Gasteiger partial charge in [0.05, 0.1) is 6.10 Å². The second-order valence-corrected chi connectivity index (χ2v) is 4.65. The third kappa shape index (κ3) is 10.1. The zero-order valence-electron chi connectivity index (χ0n) is 11.9. The number of unbranched alkanes of at least 4 members (excludes halogenated alkanes) is 2. The van der Waals surface area contributed by atoms with Crippen LogP contribution in [0.1, 0.15) is 51.2 Å². The Morgan fingerprint density at radius 3 is 2.05 bits per heavy atom. The first kappa shape index (κ1) is 19.3. The minimum atomic E-state index is -4.57. The Labute approximate surface area is 124 Å². The van der Waals surface area contributed by atoms with Gasteiger partial charge < -0.3 is 0 Å². The predicted octanol–water partition coefficient (Wildman–Crippen LogP) is 6.09. The molecule has 0 aromatic heterocycles. The molecule has 1 unspecified atom stereocenters. The number of ether oxygens (including phenoxy) is 1. The molecule has 0 N–H and O–H groups in total. The Kier molecular flexibility index (Phi) is 10.6. The number of hydrogen-bond donors (Lipinski definition) is 0. The summed E-state index contributed by atoms with van der Waals surface area (Å²) in [6.45, 7) is 3.83. The van der Waals surface area contributed by atoms with Gasteiger partial charge in [-0.15, -0.1) is 24.8 Å². The highest BCUT2D eigenvalue weighted by atomic mass is 35.5. The van der Waals surface area contributed by atoms with Gasteiger partial charge >= 0.3 is 6.36 Å². The minimum Gasteiger partial charge on any atom is -0.284 e. The molecule has 1 aromatic carbocycles. The maximum absolute atomic E-state index is 12.0. The zero-order valence-corrected chi connectivity index (χ0v) is 12.7. The summed E-state index contributed by atoms with van der Waals surface area (Å²) in [6.07, 6.45) is -1.45. The topological polar surface area (TPSA) is 9.23 Å². The molecule has 1 aromatic rings. The quantitative estimate of drug-likeness (QED) is 0.456. The van der Waals surface area contributed by atoms with E-state index in [1.54, 1.807) is 37.3 Å². The molecule has 1 nitrogen and oxygen atoms in total. The molecule has 20 heavy (non-hydrogen) atoms. The third-order valence-corrected chi connectivity index (χ3v) is 2.82. The Hall–Kier alpha value is -0.740. The molecule has 116 valence electrons. The van der Waals surface area contributed by atoms with Crippen molar-refractivity contribution in [2.45, 2.75) is 52.0 Å². The van der Waals surface area contributed by atoms with E-state index >= 15 is 0 Å². The van der Waals surface area contributed by atoms with E-state index < -0.39 is 12.5 Å². The zero-order chi connectivity index (χ0) is 15.4. The average molecular weight is 311 g/mol. The van der Waals surface area contributed by atoms with Crippen LogP contribution in [0.2, 0.25) is 0 Å². The summed E-state index contributed by atoms with van der Waals surface area (Å²) in [6, 6.07) is 8.39. The van der Waals surface area contributed by atoms with Gasteiger partial charge in [-0.3, -0.25) is 4.74 Å². The standard InChI is InChI=1S/C10H11F3O.C5H11Cl/c1-2-9(14-10(11,12)13)8-6-4-3-5-7-8;1-2-3-4-5-6/h3-7,9H,2H2,1H3;2-5H2,1H3. The Morgan fingerprint density at radius 1 is 1.10 bits per heavy atom. The van der Waals surface area contributed by atoms with Crippen molar-refractivity contribution in [3.8, 4) is 0 Å². The van der Waals surface area contributed by atoms with Gasteiger partial charge in [-0.2, -0.15) is 0 Å². The SMILES string of the molecule is CCC(OC(F)(F)F)c1ccccc1.CCCCCCl. The molecule has 1 rings (SSSR count). The van der Waals surface area contributed by atoms with E-state index in [0.29, 0.717) is 12.0 Å². The smallest absolute Gasteiger partial charge is 0.284 e. The van der Waals surface area contributed by atoms with Crippen LogP contribution in [0, 0.1) is 0 Å². The maximum Gasteiger partial charge on any atom is 0.523 e. The normalized spacial score (nSPS) is 12.5. The molecule has 1 atom stereocenters. The lowest BCUT2D eigenvalue weighted by atomic mass is 10.1. The largest absolute Gasteiger partial charge is 0.523 e. The van der Waals surface area contributed by atoms with E-state index in [-0.39, 0.29) is 0 Å². The molecule has 0 fully saturated rings. The number of rotatable bonds is 6. The van der Waals surface area contributed by atoms with Crippen molar-refractivity contribution in [3.05, 3.63) is 35.9 Å². The first-order chi connectivity index (χ1) is 9.44. The molecular formula is C15H22ClF3O. The van der Waals surface area contributed by atoms with Crippen molar-refractivity contribution in [2.24, 2.45) is 0 Å². The first-order valence-electron chi connectivity index (χ1n) is 6.80. The van der Waals surface area contributed by atoms with Gasteiger partial charge in [-0.1, -0.05) is 57.0 Å². The van der Waals surface area contributed by atoms with Gasteiger partial charge in [0.25, 0.3) is 0 Å². The second kappa shape index (κ2) is 11.0. The van der Waals surface area contributed by atoms with Crippen LogP contribution in [0.3, 0.4) is 0 Å². The van der Waals surface area contributed by atoms with Gasteiger partial charge in [-0.05, 0) is 18.4 Å². The van der Waals surface area contributed by atoms with Crippen LogP contribution in [0.25, 0.3) is 0 Å². The Bertz CT molecular complexity index is 324. The molecule has 0 aliphatic rings. The van der Waals surface area contributed by atoms with E-state index in [0.717, 1.165) is 5.88 Å². The van der Waals surface area contributed by atoms with E-state index in [4.69, 9.17) is 11.6 Å². The molecule has 5 heteroatoms. The van der Waals surface area contributed by atoms with Crippen molar-refractivity contribution in [2.75, 3.05) is 5.88 Å². The molecule has 0 saturated carbocycles. The van der Waals surface area contributed by atoms with Crippen molar-refractivity contribution in [1.82, 2.24) is 0 Å². The molecule has 0 amide bonds. The Balaban J connectivity index is 0.000000511. The van der Waals surface area contributed by atoms with Crippen molar-refractivity contribution >= 4 is 11.6 Å². The highest BCUT2D eigenvalue weighted by Crippen LogP contribution is 2.29. The van der Waals surface area contributed by atoms with Crippen LogP contribution in [0.15, 0.2) is 30.3 Å². The van der Waals surface area contributed by atoms with Crippen LogP contribution >= 0.6 is 11.6 Å². The highest BCUT2D eigenvalue weighted by molar-refractivity contribution is 6.17. The number of hydrogen-bond acceptors (Lipinski definition) is 1. The Morgan fingerprint density at radius 2 is 1.70 bits per heavy atom. The van der Waals surface area contributed by atoms with Gasteiger partial charge in [0.15, 0.2) is 0 Å². The fourth-order valence-electron chi connectivity index (χ4n) is 1.56. The van der Waals surface area contributed by atoms with Crippen LogP contribution < -0.4 is 0 Å². The molecular weight excluding hydrogens is 289 g/mol. The van der Waals surface area contributed by atoms with E-state index in [9.17, 15) is 13.2 Å². The number of benzene rings is 1. The maximum atomic E-state index is 12.0. The molecule has 0 radical (unpaired) electrons. The summed E-state index contributed by atoms with van der Waals surface area (Å²) in [5.41, 5.74) is 0.548. The van der Waals surface area contributed by atoms with E-state index in [2.05, 4.69) is 11.7 Å². The van der Waals surface area contributed by atoms with Crippen LogP contribution in [-0.4, -0.2) is 12.2 Å². The molecule has 0 heterocycles. The number of halogens is 4. The van der Waals surface area contributed by atoms with E-state index in [1.165, 1.54) is 19.3 Å². The molecule has 0 spiro atoms. The first-order valence-corrected chi connectivity index (χ1v) is 7.33. The molecule has 0 saturated heterocycles. The van der Waals surface area contributed by atoms with Crippen LogP contribution in [0.5, 0.6) is 0 Å². The lowest BCUT2D eigenvalue weighted by Crippen LogP contribution is -2.17. The van der Waals surface area contributed by atoms with Gasteiger partial charge in [0, 0.05) is 5.88 Å². The lowest BCUT2D eigenvalue weighted by molar-refractivity contribution is -0.345. The highest BCUT2D eigenvalue weighted by Gasteiger charge is 2.33.